The van der Waals surface area contributed by atoms with E-state index in [0.29, 0.717) is 16.0 Å². The van der Waals surface area contributed by atoms with E-state index in [9.17, 15) is 14.0 Å². The van der Waals surface area contributed by atoms with Crippen LogP contribution in [-0.2, 0) is 10.2 Å². The second kappa shape index (κ2) is 9.33. The zero-order valence-corrected chi connectivity index (χ0v) is 17.5. The second-order valence-electron chi connectivity index (χ2n) is 6.80. The van der Waals surface area contributed by atoms with Crippen molar-refractivity contribution in [3.05, 3.63) is 68.9 Å². The smallest absolute Gasteiger partial charge is 0.252 e. The fourth-order valence-corrected chi connectivity index (χ4v) is 3.09. The van der Waals surface area contributed by atoms with E-state index in [1.807, 2.05) is 32.0 Å². The van der Waals surface area contributed by atoms with Crippen molar-refractivity contribution in [1.29, 1.82) is 0 Å². The van der Waals surface area contributed by atoms with Crippen molar-refractivity contribution in [2.75, 3.05) is 13.1 Å². The fraction of sp³-hybridized carbons (Fsp3) is 0.300. The minimum absolute atomic E-state index is 0.129. The molecular formula is C20H21BrClFN2O2. The molecule has 0 aromatic heterocycles. The van der Waals surface area contributed by atoms with E-state index in [2.05, 4.69) is 26.6 Å². The van der Waals surface area contributed by atoms with Gasteiger partial charge in [-0.2, -0.15) is 0 Å². The molecule has 7 heteroatoms. The zero-order chi connectivity index (χ0) is 20.0. The van der Waals surface area contributed by atoms with Crippen molar-refractivity contribution in [2.45, 2.75) is 25.7 Å². The van der Waals surface area contributed by atoms with Gasteiger partial charge in [0, 0.05) is 34.4 Å². The average Bonchev–Trinajstić information content (AvgIpc) is 2.62. The lowest BCUT2D eigenvalue weighted by Crippen LogP contribution is -2.38. The normalized spacial score (nSPS) is 11.1. The van der Waals surface area contributed by atoms with Crippen LogP contribution in [0.1, 0.15) is 36.2 Å². The fourth-order valence-electron chi connectivity index (χ4n) is 2.48. The van der Waals surface area contributed by atoms with E-state index in [4.69, 9.17) is 11.6 Å². The van der Waals surface area contributed by atoms with Gasteiger partial charge in [-0.05, 0) is 51.8 Å². The first kappa shape index (κ1) is 21.4. The van der Waals surface area contributed by atoms with Gasteiger partial charge in [0.05, 0.1) is 5.56 Å². The first-order valence-electron chi connectivity index (χ1n) is 8.45. The van der Waals surface area contributed by atoms with Crippen LogP contribution in [0.3, 0.4) is 0 Å². The Morgan fingerprint density at radius 2 is 1.89 bits per heavy atom. The summed E-state index contributed by atoms with van der Waals surface area (Å²) in [6, 6.07) is 11.4. The van der Waals surface area contributed by atoms with Crippen LogP contribution in [-0.4, -0.2) is 24.9 Å². The minimum atomic E-state index is -0.496. The Bertz CT molecular complexity index is 842. The van der Waals surface area contributed by atoms with Gasteiger partial charge in [-0.1, -0.05) is 37.6 Å². The maximum absolute atomic E-state index is 13.3. The lowest BCUT2D eigenvalue weighted by Gasteiger charge is -2.26. The van der Waals surface area contributed by atoms with Crippen LogP contribution in [0.5, 0.6) is 0 Å². The molecule has 2 aromatic carbocycles. The number of rotatable bonds is 7. The van der Waals surface area contributed by atoms with Crippen molar-refractivity contribution in [3.63, 3.8) is 0 Å². The summed E-state index contributed by atoms with van der Waals surface area (Å²) < 4.78 is 13.8. The van der Waals surface area contributed by atoms with E-state index in [1.165, 1.54) is 12.1 Å². The van der Waals surface area contributed by atoms with Gasteiger partial charge in [-0.25, -0.2) is 4.39 Å². The highest BCUT2D eigenvalue weighted by Crippen LogP contribution is 2.24. The largest absolute Gasteiger partial charge is 0.355 e. The summed E-state index contributed by atoms with van der Waals surface area (Å²) in [5.74, 6) is -1.11. The summed E-state index contributed by atoms with van der Waals surface area (Å²) in [5, 5.41) is 6.14. The molecule has 0 fully saturated rings. The van der Waals surface area contributed by atoms with Gasteiger partial charge in [0.25, 0.3) is 5.91 Å². The summed E-state index contributed by atoms with van der Waals surface area (Å²) in [4.78, 5) is 24.2. The van der Waals surface area contributed by atoms with E-state index in [-0.39, 0.29) is 29.9 Å². The third kappa shape index (κ3) is 6.33. The molecule has 0 saturated carbocycles. The molecule has 0 heterocycles. The number of nitrogens with one attached hydrogen (secondary N) is 2. The van der Waals surface area contributed by atoms with Gasteiger partial charge in [0.15, 0.2) is 0 Å². The molecule has 4 nitrogen and oxygen atoms in total. The Morgan fingerprint density at radius 3 is 2.59 bits per heavy atom. The van der Waals surface area contributed by atoms with Crippen LogP contribution in [0, 0.1) is 5.82 Å². The Morgan fingerprint density at radius 1 is 1.15 bits per heavy atom. The summed E-state index contributed by atoms with van der Waals surface area (Å²) in [7, 11) is 0. The van der Waals surface area contributed by atoms with Crippen LogP contribution in [0.4, 0.5) is 4.39 Å². The molecule has 0 atom stereocenters. The Balaban J connectivity index is 1.81. The molecule has 0 aliphatic heterocycles. The van der Waals surface area contributed by atoms with Crippen LogP contribution < -0.4 is 10.6 Å². The average molecular weight is 456 g/mol. The monoisotopic (exact) mass is 454 g/mol. The molecule has 0 saturated heterocycles. The van der Waals surface area contributed by atoms with Gasteiger partial charge >= 0.3 is 0 Å². The van der Waals surface area contributed by atoms with Crippen molar-refractivity contribution < 1.29 is 14.0 Å². The van der Waals surface area contributed by atoms with Crippen molar-refractivity contribution >= 4 is 39.3 Å². The van der Waals surface area contributed by atoms with Gasteiger partial charge in [-0.15, -0.1) is 0 Å². The summed E-state index contributed by atoms with van der Waals surface area (Å²) in [6.45, 7) is 4.63. The predicted octanol–water partition coefficient (Wildman–Crippen LogP) is 4.46. The summed E-state index contributed by atoms with van der Waals surface area (Å²) in [6.07, 6.45) is 0.129. The number of carbonyl (C=O) groups excluding carboxylic acids is 2. The van der Waals surface area contributed by atoms with Crippen molar-refractivity contribution in [3.8, 4) is 0 Å². The maximum atomic E-state index is 13.3. The molecule has 0 spiro atoms. The number of amides is 2. The topological polar surface area (TPSA) is 58.2 Å². The van der Waals surface area contributed by atoms with Crippen LogP contribution in [0.15, 0.2) is 46.9 Å². The molecule has 2 N–H and O–H groups in total. The number of carbonyl (C=O) groups is 2. The van der Waals surface area contributed by atoms with Crippen molar-refractivity contribution in [2.24, 2.45) is 0 Å². The van der Waals surface area contributed by atoms with Crippen LogP contribution >= 0.6 is 27.5 Å². The van der Waals surface area contributed by atoms with E-state index in [1.54, 1.807) is 6.07 Å². The van der Waals surface area contributed by atoms with Crippen molar-refractivity contribution in [1.82, 2.24) is 10.6 Å². The quantitative estimate of drug-likeness (QED) is 0.648. The second-order valence-corrected chi connectivity index (χ2v) is 8.09. The summed E-state index contributed by atoms with van der Waals surface area (Å²) >= 11 is 9.24. The van der Waals surface area contributed by atoms with E-state index >= 15 is 0 Å². The molecule has 0 aliphatic carbocycles. The molecule has 0 aliphatic rings. The molecule has 0 radical (unpaired) electrons. The van der Waals surface area contributed by atoms with Gasteiger partial charge in [0.1, 0.15) is 5.82 Å². The molecule has 2 amide bonds. The number of hydrogen-bond donors (Lipinski definition) is 2. The molecule has 2 rings (SSSR count). The predicted molar refractivity (Wildman–Crippen MR) is 109 cm³/mol. The van der Waals surface area contributed by atoms with Crippen LogP contribution in [0.2, 0.25) is 5.02 Å². The number of benzene rings is 2. The molecule has 0 bridgehead atoms. The molecule has 2 aromatic rings. The summed E-state index contributed by atoms with van der Waals surface area (Å²) in [5.41, 5.74) is 0.938. The maximum Gasteiger partial charge on any atom is 0.252 e. The third-order valence-corrected chi connectivity index (χ3v) is 5.07. The Hall–Kier alpha value is -1.92. The number of hydrogen-bond acceptors (Lipinski definition) is 2. The highest BCUT2D eigenvalue weighted by molar-refractivity contribution is 9.10. The van der Waals surface area contributed by atoms with Gasteiger partial charge < -0.3 is 10.6 Å². The van der Waals surface area contributed by atoms with Gasteiger partial charge in [-0.3, -0.25) is 9.59 Å². The molecule has 27 heavy (non-hydrogen) atoms. The minimum Gasteiger partial charge on any atom is -0.355 e. The first-order valence-corrected chi connectivity index (χ1v) is 9.62. The van der Waals surface area contributed by atoms with Crippen LogP contribution in [0.25, 0.3) is 0 Å². The number of halogens is 3. The SMILES string of the molecule is CC(C)(CNC(=O)CCNC(=O)c1cc(F)ccc1Br)c1cccc(Cl)c1. The Kier molecular flexibility index (Phi) is 7.39. The van der Waals surface area contributed by atoms with E-state index in [0.717, 1.165) is 11.6 Å². The standard InChI is InChI=1S/C20H21BrClFN2O2/c1-20(2,13-4-3-5-14(22)10-13)12-25-18(26)8-9-24-19(27)16-11-15(23)6-7-17(16)21/h3-7,10-11H,8-9,12H2,1-2H3,(H,24,27)(H,25,26). The molecule has 144 valence electrons. The molecular weight excluding hydrogens is 435 g/mol. The van der Waals surface area contributed by atoms with E-state index < -0.39 is 11.7 Å². The zero-order valence-electron chi connectivity index (χ0n) is 15.1. The van der Waals surface area contributed by atoms with Gasteiger partial charge in [0.2, 0.25) is 5.91 Å². The first-order chi connectivity index (χ1) is 12.7. The lowest BCUT2D eigenvalue weighted by atomic mass is 9.84. The lowest BCUT2D eigenvalue weighted by molar-refractivity contribution is -0.121. The third-order valence-electron chi connectivity index (χ3n) is 4.14. The highest BCUT2D eigenvalue weighted by atomic mass is 79.9. The molecule has 0 unspecified atom stereocenters. The Labute approximate surface area is 171 Å². The highest BCUT2D eigenvalue weighted by Gasteiger charge is 2.21.